The van der Waals surface area contributed by atoms with Crippen molar-refractivity contribution in [2.24, 2.45) is 11.8 Å². The lowest BCUT2D eigenvalue weighted by Gasteiger charge is -2.24. The molecule has 1 aromatic rings. The highest BCUT2D eigenvalue weighted by molar-refractivity contribution is 5.54. The molecule has 0 spiro atoms. The predicted molar refractivity (Wildman–Crippen MR) is 81.7 cm³/mol. The first-order valence-electron chi connectivity index (χ1n) is 7.08. The summed E-state index contributed by atoms with van der Waals surface area (Å²) < 4.78 is 5.68. The fraction of sp³-hybridized carbons (Fsp3) is 0.667. The molecule has 4 nitrogen and oxygen atoms in total. The van der Waals surface area contributed by atoms with E-state index in [1.165, 1.54) is 0 Å². The van der Waals surface area contributed by atoms with Gasteiger partial charge in [0, 0.05) is 13.1 Å². The van der Waals surface area contributed by atoms with Crippen LogP contribution >= 0.6 is 0 Å². The first kappa shape index (κ1) is 15.6. The number of pyridine rings is 1. The summed E-state index contributed by atoms with van der Waals surface area (Å²) in [6, 6.07) is 3.84. The van der Waals surface area contributed by atoms with Gasteiger partial charge in [-0.2, -0.15) is 4.98 Å². The van der Waals surface area contributed by atoms with Crippen molar-refractivity contribution in [3.05, 3.63) is 12.1 Å². The summed E-state index contributed by atoms with van der Waals surface area (Å²) in [4.78, 5) is 6.79. The number of nitrogens with zero attached hydrogens (tertiary/aromatic N) is 2. The molecular formula is C15H27N3O. The highest BCUT2D eigenvalue weighted by Gasteiger charge is 2.11. The number of nitrogen functional groups attached to an aromatic ring is 1. The Morgan fingerprint density at radius 1 is 1.21 bits per heavy atom. The summed E-state index contributed by atoms with van der Waals surface area (Å²) in [7, 11) is 0. The van der Waals surface area contributed by atoms with Crippen LogP contribution < -0.4 is 15.4 Å². The Kier molecular flexibility index (Phi) is 5.93. The lowest BCUT2D eigenvalue weighted by Crippen LogP contribution is -2.28. The average Bonchev–Trinajstić information content (AvgIpc) is 2.34. The topological polar surface area (TPSA) is 51.4 Å². The molecule has 4 heteroatoms. The first-order valence-corrected chi connectivity index (χ1v) is 7.08. The van der Waals surface area contributed by atoms with E-state index in [9.17, 15) is 0 Å². The van der Waals surface area contributed by atoms with Gasteiger partial charge < -0.3 is 15.4 Å². The van der Waals surface area contributed by atoms with Crippen LogP contribution in [-0.4, -0.2) is 24.7 Å². The first-order chi connectivity index (χ1) is 8.93. The number of rotatable bonds is 7. The summed E-state index contributed by atoms with van der Waals surface area (Å²) in [6.07, 6.45) is 0. The largest absolute Gasteiger partial charge is 0.476 e. The van der Waals surface area contributed by atoms with Gasteiger partial charge in [-0.1, -0.05) is 27.7 Å². The third-order valence-corrected chi connectivity index (χ3v) is 2.72. The Bertz CT molecular complexity index is 391. The predicted octanol–water partition coefficient (Wildman–Crippen LogP) is 3.18. The smallest absolute Gasteiger partial charge is 0.239 e. The SMILES string of the molecule is CCN(CC(C)C)c1ccc(N)c(OCC(C)C)n1. The molecule has 0 radical (unpaired) electrons. The van der Waals surface area contributed by atoms with Crippen LogP contribution in [0.5, 0.6) is 5.88 Å². The zero-order valence-electron chi connectivity index (χ0n) is 12.8. The molecule has 2 N–H and O–H groups in total. The minimum absolute atomic E-state index is 0.461. The van der Waals surface area contributed by atoms with E-state index in [4.69, 9.17) is 10.5 Å². The van der Waals surface area contributed by atoms with Gasteiger partial charge in [0.05, 0.1) is 12.3 Å². The molecule has 108 valence electrons. The molecule has 1 rings (SSSR count). The number of anilines is 2. The van der Waals surface area contributed by atoms with Crippen molar-refractivity contribution in [2.45, 2.75) is 34.6 Å². The summed E-state index contributed by atoms with van der Waals surface area (Å²) in [5, 5.41) is 0. The molecule has 0 atom stereocenters. The van der Waals surface area contributed by atoms with Gasteiger partial charge in [0.2, 0.25) is 5.88 Å². The number of hydrogen-bond acceptors (Lipinski definition) is 4. The van der Waals surface area contributed by atoms with E-state index in [-0.39, 0.29) is 0 Å². The Hall–Kier alpha value is -1.45. The molecule has 0 aliphatic rings. The van der Waals surface area contributed by atoms with Gasteiger partial charge in [-0.25, -0.2) is 0 Å². The van der Waals surface area contributed by atoms with Gasteiger partial charge >= 0.3 is 0 Å². The van der Waals surface area contributed by atoms with E-state index in [1.54, 1.807) is 0 Å². The lowest BCUT2D eigenvalue weighted by atomic mass is 10.2. The van der Waals surface area contributed by atoms with E-state index in [0.29, 0.717) is 30.0 Å². The highest BCUT2D eigenvalue weighted by Crippen LogP contribution is 2.24. The van der Waals surface area contributed by atoms with Gasteiger partial charge in [0.1, 0.15) is 5.82 Å². The number of hydrogen-bond donors (Lipinski definition) is 1. The van der Waals surface area contributed by atoms with Gasteiger partial charge in [0.25, 0.3) is 0 Å². The molecule has 0 aliphatic heterocycles. The van der Waals surface area contributed by atoms with Crippen LogP contribution in [0.1, 0.15) is 34.6 Å². The van der Waals surface area contributed by atoms with Crippen molar-refractivity contribution in [3.63, 3.8) is 0 Å². The molecule has 0 saturated carbocycles. The fourth-order valence-electron chi connectivity index (χ4n) is 1.80. The van der Waals surface area contributed by atoms with Gasteiger partial charge in [-0.05, 0) is 30.9 Å². The minimum Gasteiger partial charge on any atom is -0.476 e. The Labute approximate surface area is 117 Å². The van der Waals surface area contributed by atoms with Crippen molar-refractivity contribution in [1.29, 1.82) is 0 Å². The molecule has 19 heavy (non-hydrogen) atoms. The lowest BCUT2D eigenvalue weighted by molar-refractivity contribution is 0.263. The third-order valence-electron chi connectivity index (χ3n) is 2.72. The second kappa shape index (κ2) is 7.22. The van der Waals surface area contributed by atoms with Crippen molar-refractivity contribution >= 4 is 11.5 Å². The summed E-state index contributed by atoms with van der Waals surface area (Å²) in [5.41, 5.74) is 6.51. The number of aromatic nitrogens is 1. The zero-order chi connectivity index (χ0) is 14.4. The molecular weight excluding hydrogens is 238 g/mol. The second-order valence-electron chi connectivity index (χ2n) is 5.70. The average molecular weight is 265 g/mol. The maximum Gasteiger partial charge on any atom is 0.239 e. The monoisotopic (exact) mass is 265 g/mol. The Morgan fingerprint density at radius 3 is 2.42 bits per heavy atom. The quantitative estimate of drug-likeness (QED) is 0.822. The Balaban J connectivity index is 2.86. The van der Waals surface area contributed by atoms with E-state index in [0.717, 1.165) is 18.9 Å². The van der Waals surface area contributed by atoms with Crippen LogP contribution in [0.25, 0.3) is 0 Å². The Morgan fingerprint density at radius 2 is 1.89 bits per heavy atom. The second-order valence-corrected chi connectivity index (χ2v) is 5.70. The van der Waals surface area contributed by atoms with Crippen LogP contribution in [-0.2, 0) is 0 Å². The van der Waals surface area contributed by atoms with Gasteiger partial charge in [-0.3, -0.25) is 0 Å². The minimum atomic E-state index is 0.461. The van der Waals surface area contributed by atoms with Crippen molar-refractivity contribution in [3.8, 4) is 5.88 Å². The summed E-state index contributed by atoms with van der Waals surface area (Å²) in [6.45, 7) is 13.3. The summed E-state index contributed by atoms with van der Waals surface area (Å²) in [5.74, 6) is 2.54. The van der Waals surface area contributed by atoms with E-state index >= 15 is 0 Å². The van der Waals surface area contributed by atoms with E-state index < -0.39 is 0 Å². The molecule has 0 unspecified atom stereocenters. The standard InChI is InChI=1S/C15H27N3O/c1-6-18(9-11(2)3)14-8-7-13(16)15(17-14)19-10-12(4)5/h7-8,11-12H,6,9-10,16H2,1-5H3. The van der Waals surface area contributed by atoms with Gasteiger partial charge in [-0.15, -0.1) is 0 Å². The van der Waals surface area contributed by atoms with Crippen LogP contribution in [0.4, 0.5) is 11.5 Å². The number of nitrogens with two attached hydrogens (primary N) is 1. The molecule has 0 aliphatic carbocycles. The van der Waals surface area contributed by atoms with E-state index in [1.807, 2.05) is 12.1 Å². The van der Waals surface area contributed by atoms with Crippen LogP contribution in [0.2, 0.25) is 0 Å². The maximum atomic E-state index is 5.91. The molecule has 0 aromatic carbocycles. The highest BCUT2D eigenvalue weighted by atomic mass is 16.5. The third kappa shape index (κ3) is 4.97. The normalized spacial score (nSPS) is 11.1. The molecule has 0 fully saturated rings. The van der Waals surface area contributed by atoms with Crippen molar-refractivity contribution in [1.82, 2.24) is 4.98 Å². The molecule has 0 saturated heterocycles. The van der Waals surface area contributed by atoms with Crippen LogP contribution in [0, 0.1) is 11.8 Å². The van der Waals surface area contributed by atoms with E-state index in [2.05, 4.69) is 44.5 Å². The molecule has 0 bridgehead atoms. The molecule has 0 amide bonds. The van der Waals surface area contributed by atoms with Gasteiger partial charge in [0.15, 0.2) is 0 Å². The maximum absolute atomic E-state index is 5.91. The van der Waals surface area contributed by atoms with Crippen molar-refractivity contribution in [2.75, 3.05) is 30.3 Å². The fourth-order valence-corrected chi connectivity index (χ4v) is 1.80. The van der Waals surface area contributed by atoms with Crippen molar-refractivity contribution < 1.29 is 4.74 Å². The van der Waals surface area contributed by atoms with Crippen LogP contribution in [0.3, 0.4) is 0 Å². The molecule has 1 aromatic heterocycles. The summed E-state index contributed by atoms with van der Waals surface area (Å²) >= 11 is 0. The number of ether oxygens (including phenoxy) is 1. The van der Waals surface area contributed by atoms with Crippen LogP contribution in [0.15, 0.2) is 12.1 Å². The zero-order valence-corrected chi connectivity index (χ0v) is 12.8. The molecule has 1 heterocycles.